The molecule has 2 aromatic heterocycles. The van der Waals surface area contributed by atoms with E-state index in [1.165, 1.54) is 6.42 Å². The SMILES string of the molecule is Cc1c(COc2cc(OCC(=O)N3CCCCC3)ccn2)[nH]c2ccccc2c1=O. The van der Waals surface area contributed by atoms with Crippen LogP contribution in [-0.2, 0) is 11.4 Å². The van der Waals surface area contributed by atoms with Gasteiger partial charge in [-0.3, -0.25) is 9.59 Å². The molecule has 30 heavy (non-hydrogen) atoms. The van der Waals surface area contributed by atoms with Crippen LogP contribution in [0.15, 0.2) is 47.4 Å². The average Bonchev–Trinajstić information content (AvgIpc) is 2.80. The molecule has 1 saturated heterocycles. The first-order valence-corrected chi connectivity index (χ1v) is 10.2. The topological polar surface area (TPSA) is 84.5 Å². The first-order valence-electron chi connectivity index (χ1n) is 10.2. The molecule has 3 aromatic rings. The van der Waals surface area contributed by atoms with Crippen molar-refractivity contribution >= 4 is 16.8 Å². The van der Waals surface area contributed by atoms with Gasteiger partial charge >= 0.3 is 0 Å². The molecule has 0 spiro atoms. The van der Waals surface area contributed by atoms with Crippen molar-refractivity contribution in [3.63, 3.8) is 0 Å². The molecule has 1 aliphatic rings. The number of nitrogens with zero attached hydrogens (tertiary/aromatic N) is 2. The van der Waals surface area contributed by atoms with Gasteiger partial charge in [-0.2, -0.15) is 0 Å². The maximum atomic E-state index is 12.5. The number of pyridine rings is 2. The number of aromatic nitrogens is 2. The van der Waals surface area contributed by atoms with Crippen LogP contribution < -0.4 is 14.9 Å². The van der Waals surface area contributed by atoms with E-state index in [0.29, 0.717) is 28.3 Å². The summed E-state index contributed by atoms with van der Waals surface area (Å²) in [6, 6.07) is 10.7. The second kappa shape index (κ2) is 8.98. The molecule has 0 radical (unpaired) electrons. The van der Waals surface area contributed by atoms with Crippen LogP contribution in [0.3, 0.4) is 0 Å². The predicted octanol–water partition coefficient (Wildman–Crippen LogP) is 3.20. The number of hydrogen-bond donors (Lipinski definition) is 1. The van der Waals surface area contributed by atoms with Crippen LogP contribution in [-0.4, -0.2) is 40.5 Å². The smallest absolute Gasteiger partial charge is 0.260 e. The molecule has 3 heterocycles. The Morgan fingerprint density at radius 1 is 1.13 bits per heavy atom. The van der Waals surface area contributed by atoms with E-state index in [4.69, 9.17) is 9.47 Å². The monoisotopic (exact) mass is 407 g/mol. The zero-order valence-electron chi connectivity index (χ0n) is 17.0. The van der Waals surface area contributed by atoms with Crippen molar-refractivity contribution in [2.45, 2.75) is 32.8 Å². The minimum absolute atomic E-state index is 0.000551. The van der Waals surface area contributed by atoms with E-state index in [9.17, 15) is 9.59 Å². The summed E-state index contributed by atoms with van der Waals surface area (Å²) in [5.74, 6) is 0.888. The minimum Gasteiger partial charge on any atom is -0.484 e. The molecule has 4 rings (SSSR count). The second-order valence-electron chi connectivity index (χ2n) is 7.45. The lowest BCUT2D eigenvalue weighted by atomic mass is 10.1. The van der Waals surface area contributed by atoms with E-state index >= 15 is 0 Å². The number of nitrogens with one attached hydrogen (secondary N) is 1. The highest BCUT2D eigenvalue weighted by molar-refractivity contribution is 5.79. The maximum Gasteiger partial charge on any atom is 0.260 e. The van der Waals surface area contributed by atoms with Crippen LogP contribution in [0.5, 0.6) is 11.6 Å². The number of likely N-dealkylation sites (tertiary alicyclic amines) is 1. The summed E-state index contributed by atoms with van der Waals surface area (Å²) in [6.07, 6.45) is 4.86. The van der Waals surface area contributed by atoms with Gasteiger partial charge in [0.1, 0.15) is 12.4 Å². The Bertz CT molecular complexity index is 1100. The van der Waals surface area contributed by atoms with Gasteiger partial charge in [0.05, 0.1) is 5.69 Å². The van der Waals surface area contributed by atoms with E-state index in [2.05, 4.69) is 9.97 Å². The van der Waals surface area contributed by atoms with Crippen LogP contribution in [0.2, 0.25) is 0 Å². The summed E-state index contributed by atoms with van der Waals surface area (Å²) in [5, 5.41) is 0.658. The largest absolute Gasteiger partial charge is 0.484 e. The minimum atomic E-state index is -0.00998. The lowest BCUT2D eigenvalue weighted by Gasteiger charge is -2.26. The summed E-state index contributed by atoms with van der Waals surface area (Å²) in [5.41, 5.74) is 2.08. The molecule has 156 valence electrons. The van der Waals surface area contributed by atoms with Crippen molar-refractivity contribution in [3.8, 4) is 11.6 Å². The fourth-order valence-electron chi connectivity index (χ4n) is 3.62. The summed E-state index contributed by atoms with van der Waals surface area (Å²) in [7, 11) is 0. The highest BCUT2D eigenvalue weighted by Gasteiger charge is 2.17. The molecule has 0 unspecified atom stereocenters. The second-order valence-corrected chi connectivity index (χ2v) is 7.45. The standard InChI is InChI=1S/C23H25N3O4/c1-16-20(25-19-8-4-3-7-18(19)23(16)28)14-30-21-13-17(9-10-24-21)29-15-22(27)26-11-5-2-6-12-26/h3-4,7-10,13H,2,5-6,11-12,14-15H2,1H3,(H,25,28). The zero-order chi connectivity index (χ0) is 20.9. The Morgan fingerprint density at radius 3 is 2.77 bits per heavy atom. The Kier molecular flexibility index (Phi) is 5.97. The number of carbonyl (C=O) groups excluding carboxylic acids is 1. The van der Waals surface area contributed by atoms with Gasteiger partial charge in [-0.15, -0.1) is 0 Å². The van der Waals surface area contributed by atoms with Crippen LogP contribution in [0.4, 0.5) is 0 Å². The highest BCUT2D eigenvalue weighted by atomic mass is 16.5. The number of para-hydroxylation sites is 1. The van der Waals surface area contributed by atoms with Gasteiger partial charge in [0, 0.05) is 41.8 Å². The first-order chi connectivity index (χ1) is 14.6. The quantitative estimate of drug-likeness (QED) is 0.678. The Labute approximate surface area is 174 Å². The third-order valence-electron chi connectivity index (χ3n) is 5.39. The summed E-state index contributed by atoms with van der Waals surface area (Å²) >= 11 is 0. The number of piperidine rings is 1. The van der Waals surface area contributed by atoms with Gasteiger partial charge < -0.3 is 19.4 Å². The first kappa shape index (κ1) is 19.9. The molecule has 1 aromatic carbocycles. The third kappa shape index (κ3) is 4.45. The van der Waals surface area contributed by atoms with Crippen LogP contribution in [0, 0.1) is 6.92 Å². The number of amides is 1. The summed E-state index contributed by atoms with van der Waals surface area (Å²) in [4.78, 5) is 34.1. The van der Waals surface area contributed by atoms with Crippen LogP contribution >= 0.6 is 0 Å². The molecular weight excluding hydrogens is 382 g/mol. The molecule has 7 nitrogen and oxygen atoms in total. The summed E-state index contributed by atoms with van der Waals surface area (Å²) in [6.45, 7) is 3.56. The van der Waals surface area contributed by atoms with Crippen molar-refractivity contribution < 1.29 is 14.3 Å². The molecule has 1 fully saturated rings. The third-order valence-corrected chi connectivity index (χ3v) is 5.39. The van der Waals surface area contributed by atoms with E-state index < -0.39 is 0 Å². The zero-order valence-corrected chi connectivity index (χ0v) is 17.0. The van der Waals surface area contributed by atoms with E-state index in [1.54, 1.807) is 31.3 Å². The van der Waals surface area contributed by atoms with Gasteiger partial charge in [0.25, 0.3) is 5.91 Å². The molecular formula is C23H25N3O4. The Morgan fingerprint density at radius 2 is 1.93 bits per heavy atom. The highest BCUT2D eigenvalue weighted by Crippen LogP contribution is 2.19. The fourth-order valence-corrected chi connectivity index (χ4v) is 3.62. The molecule has 1 aliphatic heterocycles. The van der Waals surface area contributed by atoms with Crippen LogP contribution in [0.1, 0.15) is 30.5 Å². The lowest BCUT2D eigenvalue weighted by molar-refractivity contribution is -0.134. The van der Waals surface area contributed by atoms with Crippen LogP contribution in [0.25, 0.3) is 10.9 Å². The summed E-state index contributed by atoms with van der Waals surface area (Å²) < 4.78 is 11.4. The number of fused-ring (bicyclic) bond motifs is 1. The number of aromatic amines is 1. The molecule has 0 saturated carbocycles. The van der Waals surface area contributed by atoms with Crippen molar-refractivity contribution in [3.05, 3.63) is 64.1 Å². The van der Waals surface area contributed by atoms with Gasteiger partial charge in [-0.1, -0.05) is 12.1 Å². The Balaban J connectivity index is 1.40. The van der Waals surface area contributed by atoms with E-state index in [1.807, 2.05) is 23.1 Å². The maximum absolute atomic E-state index is 12.5. The van der Waals surface area contributed by atoms with Crippen molar-refractivity contribution in [1.29, 1.82) is 0 Å². The number of rotatable bonds is 6. The number of benzene rings is 1. The van der Waals surface area contributed by atoms with E-state index in [0.717, 1.165) is 31.4 Å². The molecule has 0 atom stereocenters. The molecule has 0 bridgehead atoms. The lowest BCUT2D eigenvalue weighted by Crippen LogP contribution is -2.38. The number of H-pyrrole nitrogens is 1. The van der Waals surface area contributed by atoms with Gasteiger partial charge in [-0.25, -0.2) is 4.98 Å². The average molecular weight is 407 g/mol. The predicted molar refractivity (Wildman–Crippen MR) is 114 cm³/mol. The number of ether oxygens (including phenoxy) is 2. The van der Waals surface area contributed by atoms with Crippen molar-refractivity contribution in [1.82, 2.24) is 14.9 Å². The van der Waals surface area contributed by atoms with Gasteiger partial charge in [0.2, 0.25) is 5.88 Å². The van der Waals surface area contributed by atoms with Gasteiger partial charge in [-0.05, 0) is 44.4 Å². The normalized spacial score (nSPS) is 14.0. The number of carbonyl (C=O) groups is 1. The van der Waals surface area contributed by atoms with Crippen molar-refractivity contribution in [2.24, 2.45) is 0 Å². The molecule has 1 N–H and O–H groups in total. The molecule has 0 aliphatic carbocycles. The fraction of sp³-hybridized carbons (Fsp3) is 0.348. The number of hydrogen-bond acceptors (Lipinski definition) is 5. The van der Waals surface area contributed by atoms with Crippen molar-refractivity contribution in [2.75, 3.05) is 19.7 Å². The van der Waals surface area contributed by atoms with Gasteiger partial charge in [0.15, 0.2) is 12.0 Å². The Hall–Kier alpha value is -3.35. The van der Waals surface area contributed by atoms with E-state index in [-0.39, 0.29) is 24.5 Å². The molecule has 7 heteroatoms. The molecule has 1 amide bonds.